The number of hydrogen-bond donors (Lipinski definition) is 4. The molecule has 2 aromatic carbocycles. The number of amides is 2. The van der Waals surface area contributed by atoms with E-state index in [1.54, 1.807) is 42.6 Å². The van der Waals surface area contributed by atoms with Gasteiger partial charge in [0.05, 0.1) is 0 Å². The van der Waals surface area contributed by atoms with Crippen LogP contribution in [0.2, 0.25) is 0 Å². The lowest BCUT2D eigenvalue weighted by Crippen LogP contribution is -2.19. The summed E-state index contributed by atoms with van der Waals surface area (Å²) >= 11 is 0. The monoisotopic (exact) mass is 455 g/mol. The van der Waals surface area contributed by atoms with Crippen molar-refractivity contribution in [3.63, 3.8) is 0 Å². The van der Waals surface area contributed by atoms with Crippen LogP contribution in [0.1, 0.15) is 5.82 Å². The molecule has 0 fully saturated rings. The van der Waals surface area contributed by atoms with Gasteiger partial charge in [0.15, 0.2) is 11.5 Å². The van der Waals surface area contributed by atoms with Crippen molar-refractivity contribution in [2.75, 3.05) is 28.1 Å². The molecule has 2 amide bonds. The summed E-state index contributed by atoms with van der Waals surface area (Å²) in [6, 6.07) is 19.5. The number of rotatable bonds is 6. The molecule has 0 radical (unpaired) electrons. The number of carbonyl (C=O) groups excluding carboxylic acids is 1. The Hall–Kier alpha value is -4.86. The van der Waals surface area contributed by atoms with Crippen molar-refractivity contribution in [3.8, 4) is 11.5 Å². The second kappa shape index (κ2) is 9.33. The molecule has 0 saturated heterocycles. The average molecular weight is 455 g/mol. The summed E-state index contributed by atoms with van der Waals surface area (Å²) in [5.41, 5.74) is 2.05. The molecule has 1 aliphatic heterocycles. The number of aryl methyl sites for hydroxylation is 1. The fourth-order valence-corrected chi connectivity index (χ4v) is 3.32. The van der Waals surface area contributed by atoms with Gasteiger partial charge in [-0.3, -0.25) is 0 Å². The largest absolute Gasteiger partial charge is 0.454 e. The number of ether oxygens (including phenoxy) is 2. The van der Waals surface area contributed by atoms with Crippen molar-refractivity contribution in [2.24, 2.45) is 0 Å². The topological polar surface area (TPSA) is 122 Å². The number of nitrogens with zero attached hydrogens (tertiary/aromatic N) is 3. The normalized spacial score (nSPS) is 11.6. The maximum atomic E-state index is 12.3. The minimum Gasteiger partial charge on any atom is -0.454 e. The van der Waals surface area contributed by atoms with Crippen LogP contribution in [0, 0.1) is 6.92 Å². The summed E-state index contributed by atoms with van der Waals surface area (Å²) in [7, 11) is 0. The minimum atomic E-state index is -0.365. The van der Waals surface area contributed by atoms with E-state index < -0.39 is 0 Å². The Kier molecular flexibility index (Phi) is 5.76. The van der Waals surface area contributed by atoms with Gasteiger partial charge >= 0.3 is 6.03 Å². The molecule has 4 aromatic rings. The third kappa shape index (κ3) is 5.13. The van der Waals surface area contributed by atoms with E-state index in [1.807, 2.05) is 37.3 Å². The molecule has 0 spiro atoms. The maximum absolute atomic E-state index is 12.3. The van der Waals surface area contributed by atoms with Crippen molar-refractivity contribution in [1.82, 2.24) is 15.0 Å². The third-order valence-corrected chi connectivity index (χ3v) is 4.80. The first-order valence-corrected chi connectivity index (χ1v) is 10.5. The number of aromatic nitrogens is 3. The van der Waals surface area contributed by atoms with E-state index in [-0.39, 0.29) is 12.8 Å². The third-order valence-electron chi connectivity index (χ3n) is 4.80. The Morgan fingerprint density at radius 3 is 2.26 bits per heavy atom. The van der Waals surface area contributed by atoms with Crippen molar-refractivity contribution in [3.05, 3.63) is 78.8 Å². The molecule has 2 aromatic heterocycles. The zero-order valence-electron chi connectivity index (χ0n) is 18.2. The number of hydrogen-bond acceptors (Lipinski definition) is 8. The predicted octanol–water partition coefficient (Wildman–Crippen LogP) is 5.04. The van der Waals surface area contributed by atoms with E-state index in [4.69, 9.17) is 9.47 Å². The molecule has 0 unspecified atom stereocenters. The lowest BCUT2D eigenvalue weighted by Gasteiger charge is -2.11. The fraction of sp³-hybridized carbons (Fsp3) is 0.0833. The molecule has 5 rings (SSSR count). The van der Waals surface area contributed by atoms with E-state index in [0.29, 0.717) is 46.2 Å². The summed E-state index contributed by atoms with van der Waals surface area (Å²) in [5, 5.41) is 12.0. The summed E-state index contributed by atoms with van der Waals surface area (Å²) in [6.07, 6.45) is 1.71. The number of nitrogens with one attached hydrogen (secondary N) is 4. The number of benzene rings is 2. The van der Waals surface area contributed by atoms with Crippen LogP contribution >= 0.6 is 0 Å². The van der Waals surface area contributed by atoms with Gasteiger partial charge in [-0.05, 0) is 55.5 Å². The second-order valence-electron chi connectivity index (χ2n) is 7.38. The summed E-state index contributed by atoms with van der Waals surface area (Å²) in [5.74, 6) is 3.83. The van der Waals surface area contributed by atoms with Gasteiger partial charge in [0.2, 0.25) is 6.79 Å². The molecule has 1 aliphatic rings. The van der Waals surface area contributed by atoms with Gasteiger partial charge in [-0.25, -0.2) is 19.7 Å². The molecular weight excluding hydrogens is 434 g/mol. The van der Waals surface area contributed by atoms with Gasteiger partial charge in [-0.15, -0.1) is 0 Å². The van der Waals surface area contributed by atoms with Crippen LogP contribution in [-0.4, -0.2) is 27.8 Å². The number of pyridine rings is 1. The quantitative estimate of drug-likeness (QED) is 0.319. The van der Waals surface area contributed by atoms with Crippen molar-refractivity contribution in [1.29, 1.82) is 0 Å². The molecule has 34 heavy (non-hydrogen) atoms. The molecule has 4 N–H and O–H groups in total. The van der Waals surface area contributed by atoms with E-state index in [9.17, 15) is 4.79 Å². The number of fused-ring (bicyclic) bond motifs is 1. The Bertz CT molecular complexity index is 1310. The van der Waals surface area contributed by atoms with Crippen molar-refractivity contribution < 1.29 is 14.3 Å². The molecule has 10 heteroatoms. The molecule has 170 valence electrons. The summed E-state index contributed by atoms with van der Waals surface area (Å²) in [4.78, 5) is 25.4. The van der Waals surface area contributed by atoms with Gasteiger partial charge < -0.3 is 30.7 Å². The van der Waals surface area contributed by atoms with E-state index in [0.717, 1.165) is 5.69 Å². The lowest BCUT2D eigenvalue weighted by molar-refractivity contribution is 0.174. The first kappa shape index (κ1) is 21.0. The fourth-order valence-electron chi connectivity index (χ4n) is 3.32. The molecule has 0 atom stereocenters. The van der Waals surface area contributed by atoms with Crippen LogP contribution in [0.4, 0.5) is 39.3 Å². The molecular formula is C24H21N7O3. The summed E-state index contributed by atoms with van der Waals surface area (Å²) < 4.78 is 10.6. The predicted molar refractivity (Wildman–Crippen MR) is 129 cm³/mol. The van der Waals surface area contributed by atoms with Crippen LogP contribution in [0.15, 0.2) is 72.9 Å². The smallest absolute Gasteiger partial charge is 0.323 e. The average Bonchev–Trinajstić information content (AvgIpc) is 3.29. The van der Waals surface area contributed by atoms with Crippen LogP contribution in [0.3, 0.4) is 0 Å². The molecule has 0 aliphatic carbocycles. The SMILES string of the molecule is Cc1nc(Nc2ccc(NC(=O)Nc3ccc4c(c3)OCO4)cc2)cc(Nc2ccccn2)n1. The summed E-state index contributed by atoms with van der Waals surface area (Å²) in [6.45, 7) is 2.00. The van der Waals surface area contributed by atoms with E-state index in [1.165, 1.54) is 0 Å². The number of carbonyl (C=O) groups is 1. The number of anilines is 6. The maximum Gasteiger partial charge on any atom is 0.323 e. The molecule has 3 heterocycles. The molecule has 0 bridgehead atoms. The van der Waals surface area contributed by atoms with Gasteiger partial charge in [0, 0.05) is 35.4 Å². The standard InChI is InChI=1S/C24H21N7O3/c1-15-26-22(13-23(27-15)31-21-4-2-3-11-25-21)28-16-5-7-17(8-6-16)29-24(32)30-18-9-10-19-20(12-18)34-14-33-19/h2-13H,14H2,1H3,(H2,29,30,32)(H2,25,26,27,28,31). The van der Waals surface area contributed by atoms with E-state index in [2.05, 4.69) is 36.2 Å². The Balaban J connectivity index is 1.20. The minimum absolute atomic E-state index is 0.183. The van der Waals surface area contributed by atoms with Gasteiger partial charge in [-0.1, -0.05) is 6.07 Å². The van der Waals surface area contributed by atoms with Gasteiger partial charge in [0.25, 0.3) is 0 Å². The highest BCUT2D eigenvalue weighted by atomic mass is 16.7. The Morgan fingerprint density at radius 1 is 0.765 bits per heavy atom. The highest BCUT2D eigenvalue weighted by Crippen LogP contribution is 2.34. The number of urea groups is 1. The van der Waals surface area contributed by atoms with Crippen molar-refractivity contribution >= 4 is 40.5 Å². The van der Waals surface area contributed by atoms with Crippen LogP contribution in [0.5, 0.6) is 11.5 Å². The van der Waals surface area contributed by atoms with Crippen LogP contribution < -0.4 is 30.7 Å². The molecule has 10 nitrogen and oxygen atoms in total. The lowest BCUT2D eigenvalue weighted by atomic mass is 10.2. The highest BCUT2D eigenvalue weighted by Gasteiger charge is 2.14. The Labute approximate surface area is 195 Å². The van der Waals surface area contributed by atoms with Crippen LogP contribution in [-0.2, 0) is 0 Å². The second-order valence-corrected chi connectivity index (χ2v) is 7.38. The first-order valence-electron chi connectivity index (χ1n) is 10.5. The zero-order chi connectivity index (χ0) is 23.3. The first-order chi connectivity index (χ1) is 16.6. The van der Waals surface area contributed by atoms with Gasteiger partial charge in [-0.2, -0.15) is 0 Å². The Morgan fingerprint density at radius 2 is 1.47 bits per heavy atom. The van der Waals surface area contributed by atoms with Gasteiger partial charge in [0.1, 0.15) is 23.3 Å². The highest BCUT2D eigenvalue weighted by molar-refractivity contribution is 6.00. The zero-order valence-corrected chi connectivity index (χ0v) is 18.2. The van der Waals surface area contributed by atoms with Crippen molar-refractivity contribution in [2.45, 2.75) is 6.92 Å². The van der Waals surface area contributed by atoms with Crippen LogP contribution in [0.25, 0.3) is 0 Å². The van der Waals surface area contributed by atoms with E-state index >= 15 is 0 Å². The molecule has 0 saturated carbocycles.